The molecule has 0 heteroatoms. The average molecular weight is 142 g/mol. The lowest BCUT2D eigenvalue weighted by Gasteiger charge is -2.05. The Kier molecular flexibility index (Phi) is 8.51. The predicted octanol–water partition coefficient (Wildman–Crippen LogP) is 4.02. The van der Waals surface area contributed by atoms with Crippen LogP contribution in [0.15, 0.2) is 12.7 Å². The van der Waals surface area contributed by atoms with E-state index in [0.717, 1.165) is 6.42 Å². The first kappa shape index (κ1) is 12.4. The zero-order chi connectivity index (χ0) is 8.62. The fourth-order valence-electron chi connectivity index (χ4n) is 0.204. The second kappa shape index (κ2) is 6.85. The Morgan fingerprint density at radius 3 is 1.50 bits per heavy atom. The molecule has 0 radical (unpaired) electrons. The lowest BCUT2D eigenvalue weighted by molar-refractivity contribution is 0.469. The third kappa shape index (κ3) is 116. The van der Waals surface area contributed by atoms with Crippen LogP contribution in [0, 0.1) is 5.41 Å². The molecule has 0 aliphatic rings. The van der Waals surface area contributed by atoms with Gasteiger partial charge in [0.25, 0.3) is 0 Å². The summed E-state index contributed by atoms with van der Waals surface area (Å²) in [6.45, 7) is 14.4. The van der Waals surface area contributed by atoms with Gasteiger partial charge in [0.05, 0.1) is 0 Å². The molecule has 0 saturated carbocycles. The van der Waals surface area contributed by atoms with Crippen LogP contribution in [0.1, 0.15) is 47.5 Å². The van der Waals surface area contributed by atoms with Crippen LogP contribution in [0.2, 0.25) is 0 Å². The molecule has 62 valence electrons. The van der Waals surface area contributed by atoms with Crippen molar-refractivity contribution < 1.29 is 0 Å². The number of allylic oxidation sites excluding steroid dienone is 1. The molecule has 0 aromatic carbocycles. The van der Waals surface area contributed by atoms with Crippen molar-refractivity contribution >= 4 is 0 Å². The Labute approximate surface area is 66.3 Å². The minimum absolute atomic E-state index is 0.500. The Morgan fingerprint density at radius 1 is 1.20 bits per heavy atom. The summed E-state index contributed by atoms with van der Waals surface area (Å²) >= 11 is 0. The molecule has 0 N–H and O–H groups in total. The second-order valence-electron chi connectivity index (χ2n) is 4.08. The molecule has 0 nitrogen and oxygen atoms in total. The summed E-state index contributed by atoms with van der Waals surface area (Å²) in [5.74, 6) is 0. The Balaban J connectivity index is 0. The van der Waals surface area contributed by atoms with E-state index in [1.54, 1.807) is 0 Å². The van der Waals surface area contributed by atoms with Crippen molar-refractivity contribution in [1.29, 1.82) is 0 Å². The maximum absolute atomic E-state index is 3.55. The molecule has 10 heavy (non-hydrogen) atoms. The molecule has 0 aromatic heterocycles. The number of unbranched alkanes of at least 4 members (excludes halogenated alkanes) is 1. The topological polar surface area (TPSA) is 0 Å². The monoisotopic (exact) mass is 142 g/mol. The zero-order valence-electron chi connectivity index (χ0n) is 8.20. The summed E-state index contributed by atoms with van der Waals surface area (Å²) in [4.78, 5) is 0. The highest BCUT2D eigenvalue weighted by atomic mass is 14.0. The van der Waals surface area contributed by atoms with Crippen LogP contribution in [0.25, 0.3) is 0 Å². The molecule has 0 amide bonds. The molecule has 0 aromatic rings. The van der Waals surface area contributed by atoms with Crippen molar-refractivity contribution in [2.75, 3.05) is 0 Å². The smallest absolute Gasteiger partial charge is 0.0356 e. The second-order valence-corrected chi connectivity index (χ2v) is 4.08. The van der Waals surface area contributed by atoms with Crippen molar-refractivity contribution in [3.8, 4) is 0 Å². The van der Waals surface area contributed by atoms with Crippen molar-refractivity contribution in [1.82, 2.24) is 0 Å². The summed E-state index contributed by atoms with van der Waals surface area (Å²) in [6.07, 6.45) is 4.31. The molecular weight excluding hydrogens is 120 g/mol. The number of hydrogen-bond donors (Lipinski definition) is 0. The van der Waals surface area contributed by atoms with E-state index < -0.39 is 0 Å². The lowest BCUT2D eigenvalue weighted by Crippen LogP contribution is -1.93. The van der Waals surface area contributed by atoms with E-state index in [-0.39, 0.29) is 0 Å². The molecule has 0 bridgehead atoms. The predicted molar refractivity (Wildman–Crippen MR) is 50.2 cm³/mol. The van der Waals surface area contributed by atoms with E-state index in [4.69, 9.17) is 0 Å². The van der Waals surface area contributed by atoms with Gasteiger partial charge in [0.15, 0.2) is 0 Å². The quantitative estimate of drug-likeness (QED) is 0.511. The highest BCUT2D eigenvalue weighted by molar-refractivity contribution is 4.63. The van der Waals surface area contributed by atoms with Crippen LogP contribution in [0.4, 0.5) is 0 Å². The minimum atomic E-state index is 0.500. The standard InChI is InChI=1S/C5H12.C5H10/c1-5(2,3)4;1-3-5-4-2/h1-4H3;3H,1,4-5H2,2H3. The summed E-state index contributed by atoms with van der Waals surface area (Å²) in [5, 5.41) is 0. The van der Waals surface area contributed by atoms with Gasteiger partial charge < -0.3 is 0 Å². The summed E-state index contributed by atoms with van der Waals surface area (Å²) in [7, 11) is 0. The van der Waals surface area contributed by atoms with Crippen LogP contribution in [0.5, 0.6) is 0 Å². The summed E-state index contributed by atoms with van der Waals surface area (Å²) in [5.41, 5.74) is 0.500. The van der Waals surface area contributed by atoms with Gasteiger partial charge >= 0.3 is 0 Å². The normalized spacial score (nSPS) is 9.70. The fraction of sp³-hybridized carbons (Fsp3) is 0.800. The van der Waals surface area contributed by atoms with E-state index in [2.05, 4.69) is 41.2 Å². The van der Waals surface area contributed by atoms with Crippen LogP contribution >= 0.6 is 0 Å². The molecule has 0 aliphatic heterocycles. The molecule has 0 spiro atoms. The highest BCUT2D eigenvalue weighted by Gasteiger charge is 1.95. The zero-order valence-corrected chi connectivity index (χ0v) is 8.20. The van der Waals surface area contributed by atoms with E-state index in [1.807, 2.05) is 6.08 Å². The van der Waals surface area contributed by atoms with Gasteiger partial charge in [-0.3, -0.25) is 0 Å². The SMILES string of the molecule is C=CCCC.CC(C)(C)C. The van der Waals surface area contributed by atoms with Crippen LogP contribution in [0.3, 0.4) is 0 Å². The van der Waals surface area contributed by atoms with E-state index >= 15 is 0 Å². The molecule has 0 unspecified atom stereocenters. The average Bonchev–Trinajstić information content (AvgIpc) is 1.63. The molecule has 0 rings (SSSR count). The van der Waals surface area contributed by atoms with E-state index in [0.29, 0.717) is 5.41 Å². The van der Waals surface area contributed by atoms with Gasteiger partial charge in [-0.1, -0.05) is 47.1 Å². The molecule has 0 atom stereocenters. The highest BCUT2D eigenvalue weighted by Crippen LogP contribution is 2.07. The van der Waals surface area contributed by atoms with E-state index in [9.17, 15) is 0 Å². The maximum Gasteiger partial charge on any atom is -0.0356 e. The van der Waals surface area contributed by atoms with Gasteiger partial charge in [0.1, 0.15) is 0 Å². The van der Waals surface area contributed by atoms with Gasteiger partial charge in [0.2, 0.25) is 0 Å². The van der Waals surface area contributed by atoms with Crippen molar-refractivity contribution in [2.45, 2.75) is 47.5 Å². The summed E-state index contributed by atoms with van der Waals surface area (Å²) < 4.78 is 0. The first-order chi connectivity index (χ1) is 4.41. The Morgan fingerprint density at radius 2 is 1.50 bits per heavy atom. The van der Waals surface area contributed by atoms with E-state index in [1.165, 1.54) is 6.42 Å². The van der Waals surface area contributed by atoms with Crippen LogP contribution in [-0.4, -0.2) is 0 Å². The van der Waals surface area contributed by atoms with Crippen molar-refractivity contribution in [3.05, 3.63) is 12.7 Å². The van der Waals surface area contributed by atoms with Crippen LogP contribution < -0.4 is 0 Å². The van der Waals surface area contributed by atoms with Gasteiger partial charge in [0, 0.05) is 0 Å². The molecule has 0 fully saturated rings. The minimum Gasteiger partial charge on any atom is -0.103 e. The van der Waals surface area contributed by atoms with Gasteiger partial charge in [-0.15, -0.1) is 6.58 Å². The third-order valence-corrected chi connectivity index (χ3v) is 0.493. The molecule has 0 aliphatic carbocycles. The first-order valence-electron chi connectivity index (χ1n) is 4.02. The third-order valence-electron chi connectivity index (χ3n) is 0.493. The van der Waals surface area contributed by atoms with Gasteiger partial charge in [-0.05, 0) is 11.8 Å². The van der Waals surface area contributed by atoms with Crippen molar-refractivity contribution in [3.63, 3.8) is 0 Å². The first-order valence-corrected chi connectivity index (χ1v) is 4.02. The lowest BCUT2D eigenvalue weighted by atomic mass is 10.0. The molecule has 0 heterocycles. The largest absolute Gasteiger partial charge is 0.103 e. The maximum atomic E-state index is 3.55. The molecule has 0 saturated heterocycles. The van der Waals surface area contributed by atoms with Gasteiger partial charge in [-0.2, -0.15) is 0 Å². The summed E-state index contributed by atoms with van der Waals surface area (Å²) in [6, 6.07) is 0. The van der Waals surface area contributed by atoms with Crippen molar-refractivity contribution in [2.24, 2.45) is 5.41 Å². The van der Waals surface area contributed by atoms with Gasteiger partial charge in [-0.25, -0.2) is 0 Å². The Hall–Kier alpha value is -0.260. The Bertz CT molecular complexity index is 58.6. The number of hydrogen-bond acceptors (Lipinski definition) is 0. The number of rotatable bonds is 2. The fourth-order valence-corrected chi connectivity index (χ4v) is 0.204. The molecular formula is C10H22. The van der Waals surface area contributed by atoms with Crippen LogP contribution in [-0.2, 0) is 0 Å².